The first kappa shape index (κ1) is 14.5. The minimum atomic E-state index is -3.51. The lowest BCUT2D eigenvalue weighted by Gasteiger charge is -2.27. The number of hydrogen-bond acceptors (Lipinski definition) is 3. The SMILES string of the molecule is O=C(CCNS(=O)(=O)c1ccccc1)N1C[C@H]2CC[C@H]1C2. The van der Waals surface area contributed by atoms with Gasteiger partial charge in [0.2, 0.25) is 15.9 Å². The Hall–Kier alpha value is -1.40. The van der Waals surface area contributed by atoms with Crippen molar-refractivity contribution in [3.05, 3.63) is 30.3 Å². The van der Waals surface area contributed by atoms with Crippen LogP contribution in [0.3, 0.4) is 0 Å². The van der Waals surface area contributed by atoms with Crippen LogP contribution in [0.25, 0.3) is 0 Å². The van der Waals surface area contributed by atoms with Gasteiger partial charge in [0.1, 0.15) is 0 Å². The van der Waals surface area contributed by atoms with Gasteiger partial charge in [-0.25, -0.2) is 13.1 Å². The summed E-state index contributed by atoms with van der Waals surface area (Å²) in [6.45, 7) is 1.01. The maximum Gasteiger partial charge on any atom is 0.240 e. The number of nitrogens with one attached hydrogen (secondary N) is 1. The van der Waals surface area contributed by atoms with Crippen molar-refractivity contribution in [2.24, 2.45) is 5.92 Å². The van der Waals surface area contributed by atoms with E-state index in [4.69, 9.17) is 0 Å². The van der Waals surface area contributed by atoms with Crippen molar-refractivity contribution in [1.29, 1.82) is 0 Å². The molecular formula is C15H20N2O3S. The average molecular weight is 308 g/mol. The van der Waals surface area contributed by atoms with E-state index in [1.165, 1.54) is 6.42 Å². The normalized spacial score (nSPS) is 24.5. The number of nitrogens with zero attached hydrogens (tertiary/aromatic N) is 1. The molecule has 1 amide bonds. The zero-order chi connectivity index (χ0) is 14.9. The summed E-state index contributed by atoms with van der Waals surface area (Å²) in [4.78, 5) is 14.3. The molecule has 21 heavy (non-hydrogen) atoms. The van der Waals surface area contributed by atoms with Gasteiger partial charge in [-0.1, -0.05) is 18.2 Å². The fraction of sp³-hybridized carbons (Fsp3) is 0.533. The second-order valence-electron chi connectivity index (χ2n) is 5.84. The summed E-state index contributed by atoms with van der Waals surface area (Å²) in [6, 6.07) is 8.62. The predicted molar refractivity (Wildman–Crippen MR) is 79.1 cm³/mol. The van der Waals surface area contributed by atoms with E-state index < -0.39 is 10.0 Å². The van der Waals surface area contributed by atoms with Crippen LogP contribution in [0.4, 0.5) is 0 Å². The van der Waals surface area contributed by atoms with Crippen LogP contribution in [0.2, 0.25) is 0 Å². The molecule has 114 valence electrons. The first-order valence-corrected chi connectivity index (χ1v) is 8.89. The quantitative estimate of drug-likeness (QED) is 0.893. The van der Waals surface area contributed by atoms with Gasteiger partial charge >= 0.3 is 0 Å². The van der Waals surface area contributed by atoms with Crippen LogP contribution in [-0.4, -0.2) is 38.4 Å². The molecule has 2 bridgehead atoms. The Morgan fingerprint density at radius 3 is 2.62 bits per heavy atom. The van der Waals surface area contributed by atoms with Crippen LogP contribution >= 0.6 is 0 Å². The van der Waals surface area contributed by atoms with Gasteiger partial charge in [0.05, 0.1) is 4.90 Å². The number of carbonyl (C=O) groups is 1. The Morgan fingerprint density at radius 2 is 2.00 bits per heavy atom. The highest BCUT2D eigenvalue weighted by atomic mass is 32.2. The molecule has 1 saturated heterocycles. The first-order chi connectivity index (χ1) is 10.1. The monoisotopic (exact) mass is 308 g/mol. The molecule has 2 atom stereocenters. The summed E-state index contributed by atoms with van der Waals surface area (Å²) in [5, 5.41) is 0. The lowest BCUT2D eigenvalue weighted by molar-refractivity contribution is -0.132. The third-order valence-corrected chi connectivity index (χ3v) is 5.89. The summed E-state index contributed by atoms with van der Waals surface area (Å²) in [5.41, 5.74) is 0. The van der Waals surface area contributed by atoms with Crippen molar-refractivity contribution in [3.8, 4) is 0 Å². The topological polar surface area (TPSA) is 66.5 Å². The molecule has 3 rings (SSSR count). The van der Waals surface area contributed by atoms with Crippen LogP contribution in [-0.2, 0) is 14.8 Å². The number of carbonyl (C=O) groups excluding carboxylic acids is 1. The lowest BCUT2D eigenvalue weighted by atomic mass is 10.1. The lowest BCUT2D eigenvalue weighted by Crippen LogP contribution is -2.39. The van der Waals surface area contributed by atoms with E-state index in [0.29, 0.717) is 12.0 Å². The number of sulfonamides is 1. The highest BCUT2D eigenvalue weighted by Crippen LogP contribution is 2.37. The van der Waals surface area contributed by atoms with Crippen LogP contribution in [0.5, 0.6) is 0 Å². The minimum absolute atomic E-state index is 0.0676. The molecule has 0 spiro atoms. The van der Waals surface area contributed by atoms with Crippen LogP contribution < -0.4 is 4.72 Å². The fourth-order valence-electron chi connectivity index (χ4n) is 3.35. The largest absolute Gasteiger partial charge is 0.339 e. The van der Waals surface area contributed by atoms with Crippen molar-refractivity contribution in [2.45, 2.75) is 36.6 Å². The molecule has 0 radical (unpaired) electrons. The number of piperidine rings is 1. The second-order valence-corrected chi connectivity index (χ2v) is 7.61. The highest BCUT2D eigenvalue weighted by molar-refractivity contribution is 7.89. The molecular weight excluding hydrogens is 288 g/mol. The Kier molecular flexibility index (Phi) is 3.99. The summed E-state index contributed by atoms with van der Waals surface area (Å²) < 4.78 is 26.6. The van der Waals surface area contributed by atoms with Gasteiger partial charge in [-0.15, -0.1) is 0 Å². The zero-order valence-electron chi connectivity index (χ0n) is 11.9. The van der Waals surface area contributed by atoms with E-state index in [2.05, 4.69) is 4.72 Å². The Morgan fingerprint density at radius 1 is 1.24 bits per heavy atom. The molecule has 2 fully saturated rings. The molecule has 1 N–H and O–H groups in total. The number of likely N-dealkylation sites (tertiary alicyclic amines) is 1. The molecule has 1 aromatic carbocycles. The van der Waals surface area contributed by atoms with Crippen molar-refractivity contribution in [3.63, 3.8) is 0 Å². The molecule has 1 aliphatic carbocycles. The number of fused-ring (bicyclic) bond motifs is 2. The van der Waals surface area contributed by atoms with Gasteiger partial charge in [0.15, 0.2) is 0 Å². The number of hydrogen-bond donors (Lipinski definition) is 1. The van der Waals surface area contributed by atoms with Gasteiger partial charge < -0.3 is 4.90 Å². The Labute approximate surface area is 125 Å². The number of amides is 1. The molecule has 0 aromatic heterocycles. The second kappa shape index (κ2) is 5.77. The molecule has 1 saturated carbocycles. The van der Waals surface area contributed by atoms with Crippen molar-refractivity contribution < 1.29 is 13.2 Å². The molecule has 2 aliphatic rings. The summed E-state index contributed by atoms with van der Waals surface area (Å²) in [6.07, 6.45) is 3.69. The van der Waals surface area contributed by atoms with Gasteiger partial charge in [0.25, 0.3) is 0 Å². The molecule has 6 heteroatoms. The summed E-state index contributed by atoms with van der Waals surface area (Å²) in [7, 11) is -3.51. The maximum absolute atomic E-state index is 12.1. The van der Waals surface area contributed by atoms with E-state index in [1.54, 1.807) is 30.3 Å². The summed E-state index contributed by atoms with van der Waals surface area (Å²) >= 11 is 0. The zero-order valence-corrected chi connectivity index (χ0v) is 12.7. The molecule has 5 nitrogen and oxygen atoms in total. The molecule has 0 unspecified atom stereocenters. The maximum atomic E-state index is 12.1. The van der Waals surface area contributed by atoms with Gasteiger partial charge in [-0.3, -0.25) is 4.79 Å². The van der Waals surface area contributed by atoms with Crippen LogP contribution in [0.1, 0.15) is 25.7 Å². The molecule has 1 heterocycles. The smallest absolute Gasteiger partial charge is 0.240 e. The van der Waals surface area contributed by atoms with E-state index in [1.807, 2.05) is 4.90 Å². The van der Waals surface area contributed by atoms with Crippen molar-refractivity contribution >= 4 is 15.9 Å². The third-order valence-electron chi connectivity index (χ3n) is 4.41. The van der Waals surface area contributed by atoms with Gasteiger partial charge in [-0.05, 0) is 37.3 Å². The van der Waals surface area contributed by atoms with Gasteiger partial charge in [-0.2, -0.15) is 0 Å². The standard InChI is InChI=1S/C15H20N2O3S/c18-15(17-11-12-6-7-13(17)10-12)8-9-16-21(19,20)14-4-2-1-3-5-14/h1-5,12-13,16H,6-11H2/t12-,13-/m0/s1. The highest BCUT2D eigenvalue weighted by Gasteiger charge is 2.39. The van der Waals surface area contributed by atoms with Gasteiger partial charge in [0, 0.05) is 25.6 Å². The van der Waals surface area contributed by atoms with E-state index in [0.717, 1.165) is 19.4 Å². The van der Waals surface area contributed by atoms with E-state index in [9.17, 15) is 13.2 Å². The Bertz CT molecular complexity index is 615. The van der Waals surface area contributed by atoms with E-state index in [-0.39, 0.29) is 23.8 Å². The predicted octanol–water partition coefficient (Wildman–Crippen LogP) is 1.37. The molecule has 1 aliphatic heterocycles. The van der Waals surface area contributed by atoms with Crippen LogP contribution in [0.15, 0.2) is 35.2 Å². The minimum Gasteiger partial charge on any atom is -0.339 e. The summed E-state index contributed by atoms with van der Waals surface area (Å²) in [5.74, 6) is 0.734. The van der Waals surface area contributed by atoms with E-state index >= 15 is 0 Å². The first-order valence-electron chi connectivity index (χ1n) is 7.40. The fourth-order valence-corrected chi connectivity index (χ4v) is 4.40. The van der Waals surface area contributed by atoms with Crippen molar-refractivity contribution in [2.75, 3.05) is 13.1 Å². The number of benzene rings is 1. The molecule has 1 aromatic rings. The third kappa shape index (κ3) is 3.11. The number of rotatable bonds is 5. The Balaban J connectivity index is 1.51. The van der Waals surface area contributed by atoms with Crippen LogP contribution in [0, 0.1) is 5.92 Å². The average Bonchev–Trinajstić information content (AvgIpc) is 3.10. The van der Waals surface area contributed by atoms with Crippen molar-refractivity contribution in [1.82, 2.24) is 9.62 Å².